The number of benzene rings is 1. The zero-order valence-corrected chi connectivity index (χ0v) is 15.8. The highest BCUT2D eigenvalue weighted by Gasteiger charge is 2.33. The molecule has 0 spiro atoms. The monoisotopic (exact) mass is 357 g/mol. The van der Waals surface area contributed by atoms with E-state index in [0.717, 1.165) is 51.7 Å². The van der Waals surface area contributed by atoms with Gasteiger partial charge >= 0.3 is 0 Å². The summed E-state index contributed by atoms with van der Waals surface area (Å²) in [5.74, 6) is 0.385. The van der Waals surface area contributed by atoms with E-state index >= 15 is 0 Å². The number of carbonyl (C=O) groups is 2. The average Bonchev–Trinajstić information content (AvgIpc) is 2.68. The molecule has 2 amide bonds. The summed E-state index contributed by atoms with van der Waals surface area (Å²) in [7, 11) is 0. The van der Waals surface area contributed by atoms with Crippen LogP contribution in [-0.4, -0.2) is 53.8 Å². The van der Waals surface area contributed by atoms with Crippen molar-refractivity contribution in [1.29, 1.82) is 0 Å². The van der Waals surface area contributed by atoms with Gasteiger partial charge in [-0.2, -0.15) is 0 Å². The lowest BCUT2D eigenvalue weighted by Gasteiger charge is -2.39. The molecule has 142 valence electrons. The molecule has 2 aliphatic rings. The molecule has 0 bridgehead atoms. The van der Waals surface area contributed by atoms with Gasteiger partial charge in [0.25, 0.3) is 0 Å². The predicted molar refractivity (Wildman–Crippen MR) is 102 cm³/mol. The predicted octanol–water partition coefficient (Wildman–Crippen LogP) is 2.05. The SMILES string of the molecule is C[C@H](C(=O)N1CCC[C@H](C(N)=O)C1)N1CCC(Cc2ccccc2)CC1. The van der Waals surface area contributed by atoms with Crippen LogP contribution in [0, 0.1) is 11.8 Å². The van der Waals surface area contributed by atoms with Crippen LogP contribution in [0.5, 0.6) is 0 Å². The van der Waals surface area contributed by atoms with Crippen molar-refractivity contribution in [2.45, 2.75) is 45.1 Å². The van der Waals surface area contributed by atoms with Crippen molar-refractivity contribution in [3.63, 3.8) is 0 Å². The first-order valence-electron chi connectivity index (χ1n) is 9.90. The second kappa shape index (κ2) is 8.67. The zero-order valence-electron chi connectivity index (χ0n) is 15.8. The van der Waals surface area contributed by atoms with Gasteiger partial charge in [-0.15, -0.1) is 0 Å². The van der Waals surface area contributed by atoms with Crippen LogP contribution < -0.4 is 5.73 Å². The molecule has 0 aliphatic carbocycles. The molecule has 2 N–H and O–H groups in total. The molecule has 0 radical (unpaired) electrons. The van der Waals surface area contributed by atoms with Crippen molar-refractivity contribution in [3.8, 4) is 0 Å². The van der Waals surface area contributed by atoms with Crippen LogP contribution in [-0.2, 0) is 16.0 Å². The summed E-state index contributed by atoms with van der Waals surface area (Å²) in [6.45, 7) is 5.18. The molecule has 5 heteroatoms. The standard InChI is InChI=1S/C21H31N3O2/c1-16(21(26)24-11-5-8-19(15-24)20(22)25)23-12-9-18(10-13-23)14-17-6-3-2-4-7-17/h2-4,6-7,16,18-19H,5,8-15H2,1H3,(H2,22,25)/t16-,19+/m1/s1. The Bertz CT molecular complexity index is 611. The van der Waals surface area contributed by atoms with Gasteiger partial charge in [0.2, 0.25) is 11.8 Å². The van der Waals surface area contributed by atoms with E-state index in [1.807, 2.05) is 11.8 Å². The fraction of sp³-hybridized carbons (Fsp3) is 0.619. The smallest absolute Gasteiger partial charge is 0.239 e. The molecule has 0 unspecified atom stereocenters. The van der Waals surface area contributed by atoms with Gasteiger partial charge in [0.05, 0.1) is 12.0 Å². The Kier molecular flexibility index (Phi) is 6.30. The van der Waals surface area contributed by atoms with Gasteiger partial charge < -0.3 is 10.6 Å². The molecule has 0 saturated carbocycles. The minimum atomic E-state index is -0.281. The first kappa shape index (κ1) is 18.9. The van der Waals surface area contributed by atoms with E-state index in [4.69, 9.17) is 5.73 Å². The van der Waals surface area contributed by atoms with E-state index in [1.165, 1.54) is 5.56 Å². The highest BCUT2D eigenvalue weighted by atomic mass is 16.2. The number of likely N-dealkylation sites (tertiary alicyclic amines) is 2. The highest BCUT2D eigenvalue weighted by molar-refractivity contribution is 5.83. The molecule has 1 aromatic carbocycles. The van der Waals surface area contributed by atoms with Crippen LogP contribution in [0.25, 0.3) is 0 Å². The first-order valence-corrected chi connectivity index (χ1v) is 9.90. The van der Waals surface area contributed by atoms with Crippen molar-refractivity contribution in [2.24, 2.45) is 17.6 Å². The Labute approximate surface area is 156 Å². The summed E-state index contributed by atoms with van der Waals surface area (Å²) >= 11 is 0. The Balaban J connectivity index is 1.49. The second-order valence-corrected chi connectivity index (χ2v) is 7.87. The lowest BCUT2D eigenvalue weighted by atomic mass is 9.89. The molecular formula is C21H31N3O2. The number of rotatable bonds is 5. The number of hydrogen-bond donors (Lipinski definition) is 1. The van der Waals surface area contributed by atoms with E-state index in [1.54, 1.807) is 0 Å². The Morgan fingerprint density at radius 1 is 1.12 bits per heavy atom. The summed E-state index contributed by atoms with van der Waals surface area (Å²) in [6, 6.07) is 10.5. The lowest BCUT2D eigenvalue weighted by molar-refractivity contribution is -0.140. The Morgan fingerprint density at radius 2 is 1.81 bits per heavy atom. The minimum Gasteiger partial charge on any atom is -0.369 e. The van der Waals surface area contributed by atoms with Crippen LogP contribution in [0.4, 0.5) is 0 Å². The van der Waals surface area contributed by atoms with Crippen LogP contribution in [0.3, 0.4) is 0 Å². The van der Waals surface area contributed by atoms with E-state index in [9.17, 15) is 9.59 Å². The topological polar surface area (TPSA) is 66.6 Å². The highest BCUT2D eigenvalue weighted by Crippen LogP contribution is 2.24. The first-order chi connectivity index (χ1) is 12.5. The van der Waals surface area contributed by atoms with Crippen molar-refractivity contribution in [1.82, 2.24) is 9.80 Å². The number of piperidine rings is 2. The van der Waals surface area contributed by atoms with E-state index < -0.39 is 0 Å². The molecule has 1 aromatic rings. The van der Waals surface area contributed by atoms with E-state index in [2.05, 4.69) is 35.2 Å². The maximum atomic E-state index is 12.9. The maximum absolute atomic E-state index is 12.9. The quantitative estimate of drug-likeness (QED) is 0.877. The largest absolute Gasteiger partial charge is 0.369 e. The van der Waals surface area contributed by atoms with Crippen LogP contribution >= 0.6 is 0 Å². The molecule has 2 heterocycles. The molecule has 2 saturated heterocycles. The lowest BCUT2D eigenvalue weighted by Crippen LogP contribution is -2.53. The van der Waals surface area contributed by atoms with Gasteiger partial charge in [0.15, 0.2) is 0 Å². The second-order valence-electron chi connectivity index (χ2n) is 7.87. The van der Waals surface area contributed by atoms with E-state index in [-0.39, 0.29) is 23.8 Å². The van der Waals surface area contributed by atoms with Crippen molar-refractivity contribution in [2.75, 3.05) is 26.2 Å². The van der Waals surface area contributed by atoms with Gasteiger partial charge in [0, 0.05) is 13.1 Å². The molecule has 3 rings (SSSR count). The molecule has 2 aliphatic heterocycles. The molecule has 26 heavy (non-hydrogen) atoms. The molecular weight excluding hydrogens is 326 g/mol. The maximum Gasteiger partial charge on any atom is 0.239 e. The van der Waals surface area contributed by atoms with Crippen molar-refractivity contribution < 1.29 is 9.59 Å². The fourth-order valence-corrected chi connectivity index (χ4v) is 4.32. The van der Waals surface area contributed by atoms with Gasteiger partial charge in [-0.25, -0.2) is 0 Å². The summed E-state index contributed by atoms with van der Waals surface area (Å²) in [5, 5.41) is 0. The molecule has 0 aromatic heterocycles. The third-order valence-corrected chi connectivity index (χ3v) is 6.06. The number of nitrogens with two attached hydrogens (primary N) is 1. The number of amides is 2. The van der Waals surface area contributed by atoms with Crippen LogP contribution in [0.2, 0.25) is 0 Å². The third-order valence-electron chi connectivity index (χ3n) is 6.06. The zero-order chi connectivity index (χ0) is 18.5. The van der Waals surface area contributed by atoms with Gasteiger partial charge in [-0.1, -0.05) is 30.3 Å². The minimum absolute atomic E-state index is 0.112. The van der Waals surface area contributed by atoms with E-state index in [0.29, 0.717) is 12.5 Å². The summed E-state index contributed by atoms with van der Waals surface area (Å²) < 4.78 is 0. The number of primary amides is 1. The molecule has 2 atom stereocenters. The number of carbonyl (C=O) groups excluding carboxylic acids is 2. The molecule has 5 nitrogen and oxygen atoms in total. The van der Waals surface area contributed by atoms with Gasteiger partial charge in [-0.05, 0) is 63.6 Å². The summed E-state index contributed by atoms with van der Waals surface area (Å²) in [4.78, 5) is 28.5. The number of nitrogens with zero attached hydrogens (tertiary/aromatic N) is 2. The average molecular weight is 357 g/mol. The van der Waals surface area contributed by atoms with Crippen molar-refractivity contribution in [3.05, 3.63) is 35.9 Å². The fourth-order valence-electron chi connectivity index (χ4n) is 4.32. The summed E-state index contributed by atoms with van der Waals surface area (Å²) in [5.41, 5.74) is 6.84. The third kappa shape index (κ3) is 4.64. The number of hydrogen-bond acceptors (Lipinski definition) is 3. The Hall–Kier alpha value is -1.88. The normalized spacial score (nSPS) is 23.6. The molecule has 2 fully saturated rings. The van der Waals surface area contributed by atoms with Crippen LogP contribution in [0.15, 0.2) is 30.3 Å². The van der Waals surface area contributed by atoms with Gasteiger partial charge in [0.1, 0.15) is 0 Å². The summed E-state index contributed by atoms with van der Waals surface area (Å²) in [6.07, 6.45) is 5.07. The Morgan fingerprint density at radius 3 is 2.46 bits per heavy atom. The van der Waals surface area contributed by atoms with Gasteiger partial charge in [-0.3, -0.25) is 14.5 Å². The van der Waals surface area contributed by atoms with Crippen molar-refractivity contribution >= 4 is 11.8 Å². The van der Waals surface area contributed by atoms with Crippen LogP contribution in [0.1, 0.15) is 38.2 Å².